The van der Waals surface area contributed by atoms with E-state index in [0.717, 1.165) is 31.5 Å². The van der Waals surface area contributed by atoms with Crippen molar-refractivity contribution in [2.75, 3.05) is 13.1 Å². The number of nitrogens with one attached hydrogen (secondary N) is 1. The molecule has 0 radical (unpaired) electrons. The lowest BCUT2D eigenvalue weighted by Gasteiger charge is -2.25. The lowest BCUT2D eigenvalue weighted by atomic mass is 10.1. The molecule has 1 N–H and O–H groups in total. The number of halogens is 3. The topological polar surface area (TPSA) is 61.8 Å². The van der Waals surface area contributed by atoms with Gasteiger partial charge < -0.3 is 4.90 Å². The molecule has 0 aliphatic carbocycles. The average Bonchev–Trinajstić information content (AvgIpc) is 2.54. The zero-order chi connectivity index (χ0) is 16.9. The minimum Gasteiger partial charge on any atom is -0.334 e. The number of carbonyl (C=O) groups excluding carboxylic acids is 2. The largest absolute Gasteiger partial charge is 0.417 e. The van der Waals surface area contributed by atoms with Gasteiger partial charge in [-0.25, -0.2) is 5.43 Å². The number of benzene rings is 1. The van der Waals surface area contributed by atoms with Crippen molar-refractivity contribution in [3.05, 3.63) is 35.4 Å². The number of hydrogen-bond acceptors (Lipinski definition) is 3. The van der Waals surface area contributed by atoms with Crippen molar-refractivity contribution in [2.45, 2.75) is 25.4 Å². The average molecular weight is 327 g/mol. The van der Waals surface area contributed by atoms with Gasteiger partial charge in [-0.15, -0.1) is 0 Å². The summed E-state index contributed by atoms with van der Waals surface area (Å²) in [7, 11) is 0. The van der Waals surface area contributed by atoms with Gasteiger partial charge in [0, 0.05) is 18.7 Å². The van der Waals surface area contributed by atoms with E-state index in [-0.39, 0.29) is 5.56 Å². The van der Waals surface area contributed by atoms with Gasteiger partial charge in [0.2, 0.25) is 0 Å². The minimum absolute atomic E-state index is 0.189. The van der Waals surface area contributed by atoms with E-state index in [2.05, 4.69) is 5.10 Å². The van der Waals surface area contributed by atoms with E-state index in [9.17, 15) is 22.8 Å². The van der Waals surface area contributed by atoms with E-state index in [1.54, 1.807) is 0 Å². The Morgan fingerprint density at radius 2 is 1.78 bits per heavy atom. The molecule has 0 unspecified atom stereocenters. The van der Waals surface area contributed by atoms with Gasteiger partial charge in [-0.3, -0.25) is 9.59 Å². The van der Waals surface area contributed by atoms with Gasteiger partial charge in [0.05, 0.1) is 11.8 Å². The van der Waals surface area contributed by atoms with Crippen LogP contribution in [0.3, 0.4) is 0 Å². The molecule has 0 spiro atoms. The van der Waals surface area contributed by atoms with Crippen LogP contribution in [0.1, 0.15) is 30.4 Å². The molecule has 23 heavy (non-hydrogen) atoms. The predicted octanol–water partition coefficient (Wildman–Crippen LogP) is 2.17. The summed E-state index contributed by atoms with van der Waals surface area (Å²) in [5.41, 5.74) is 0.929. The summed E-state index contributed by atoms with van der Waals surface area (Å²) in [6.45, 7) is 1.01. The van der Waals surface area contributed by atoms with Gasteiger partial charge in [0.25, 0.3) is 0 Å². The first kappa shape index (κ1) is 17.0. The van der Waals surface area contributed by atoms with Crippen LogP contribution in [0, 0.1) is 0 Å². The molecule has 8 heteroatoms. The highest BCUT2D eigenvalue weighted by Gasteiger charge is 2.32. The number of alkyl halides is 3. The molecule has 5 nitrogen and oxygen atoms in total. The minimum atomic E-state index is -4.52. The number of rotatable bonds is 2. The van der Waals surface area contributed by atoms with Gasteiger partial charge >= 0.3 is 18.0 Å². The molecule has 1 aliphatic rings. The van der Waals surface area contributed by atoms with Crippen molar-refractivity contribution in [1.29, 1.82) is 0 Å². The molecular weight excluding hydrogens is 311 g/mol. The maximum atomic E-state index is 12.8. The van der Waals surface area contributed by atoms with Crippen LogP contribution in [0.5, 0.6) is 0 Å². The SMILES string of the molecule is O=C(N/N=C\c1ccccc1C(F)(F)F)C(=O)N1CCCCC1. The zero-order valence-electron chi connectivity index (χ0n) is 12.3. The predicted molar refractivity (Wildman–Crippen MR) is 77.6 cm³/mol. The highest BCUT2D eigenvalue weighted by Crippen LogP contribution is 2.30. The normalized spacial score (nSPS) is 15.7. The van der Waals surface area contributed by atoms with Crippen molar-refractivity contribution in [3.8, 4) is 0 Å². The maximum Gasteiger partial charge on any atom is 0.417 e. The van der Waals surface area contributed by atoms with Gasteiger partial charge in [-0.05, 0) is 25.3 Å². The number of hydrazone groups is 1. The van der Waals surface area contributed by atoms with Gasteiger partial charge in [0.15, 0.2) is 0 Å². The van der Waals surface area contributed by atoms with Crippen LogP contribution >= 0.6 is 0 Å². The molecule has 2 rings (SSSR count). The first-order valence-corrected chi connectivity index (χ1v) is 7.18. The molecule has 1 aromatic rings. The number of carbonyl (C=O) groups is 2. The van der Waals surface area contributed by atoms with E-state index in [0.29, 0.717) is 13.1 Å². The molecule has 0 aromatic heterocycles. The fourth-order valence-corrected chi connectivity index (χ4v) is 2.32. The number of nitrogens with zero attached hydrogens (tertiary/aromatic N) is 2. The first-order chi connectivity index (χ1) is 10.9. The highest BCUT2D eigenvalue weighted by atomic mass is 19.4. The smallest absolute Gasteiger partial charge is 0.334 e. The van der Waals surface area contributed by atoms with Crippen molar-refractivity contribution in [1.82, 2.24) is 10.3 Å². The Labute approximate surface area is 131 Å². The highest BCUT2D eigenvalue weighted by molar-refractivity contribution is 6.35. The van der Waals surface area contributed by atoms with Crippen LogP contribution in [-0.2, 0) is 15.8 Å². The third-order valence-corrected chi connectivity index (χ3v) is 3.47. The Morgan fingerprint density at radius 3 is 2.43 bits per heavy atom. The molecule has 1 saturated heterocycles. The molecule has 0 atom stereocenters. The maximum absolute atomic E-state index is 12.8. The summed E-state index contributed by atoms with van der Waals surface area (Å²) >= 11 is 0. The lowest BCUT2D eigenvalue weighted by molar-refractivity contribution is -0.146. The lowest BCUT2D eigenvalue weighted by Crippen LogP contribution is -2.43. The summed E-state index contributed by atoms with van der Waals surface area (Å²) in [6.07, 6.45) is -0.958. The quantitative estimate of drug-likeness (QED) is 0.514. The molecule has 1 heterocycles. The summed E-state index contributed by atoms with van der Waals surface area (Å²) in [5.74, 6) is -1.67. The van der Waals surface area contributed by atoms with Crippen LogP contribution in [0.4, 0.5) is 13.2 Å². The van der Waals surface area contributed by atoms with Crippen LogP contribution < -0.4 is 5.43 Å². The van der Waals surface area contributed by atoms with Crippen molar-refractivity contribution in [3.63, 3.8) is 0 Å². The fraction of sp³-hybridized carbons (Fsp3) is 0.400. The van der Waals surface area contributed by atoms with E-state index >= 15 is 0 Å². The van der Waals surface area contributed by atoms with Crippen LogP contribution in [-0.4, -0.2) is 36.0 Å². The summed E-state index contributed by atoms with van der Waals surface area (Å²) in [5, 5.41) is 3.46. The zero-order valence-corrected chi connectivity index (χ0v) is 12.3. The van der Waals surface area contributed by atoms with E-state index in [1.165, 1.54) is 23.1 Å². The molecule has 2 amide bonds. The second kappa shape index (κ2) is 7.26. The third kappa shape index (κ3) is 4.54. The second-order valence-corrected chi connectivity index (χ2v) is 5.14. The van der Waals surface area contributed by atoms with Crippen LogP contribution in [0.25, 0.3) is 0 Å². The Kier molecular flexibility index (Phi) is 5.36. The van der Waals surface area contributed by atoms with E-state index < -0.39 is 23.6 Å². The van der Waals surface area contributed by atoms with E-state index in [1.807, 2.05) is 5.43 Å². The summed E-state index contributed by atoms with van der Waals surface area (Å²) in [6, 6.07) is 4.84. The van der Waals surface area contributed by atoms with Gasteiger partial charge in [-0.2, -0.15) is 18.3 Å². The number of hydrogen-bond donors (Lipinski definition) is 1. The van der Waals surface area contributed by atoms with E-state index in [4.69, 9.17) is 0 Å². The molecule has 1 fully saturated rings. The second-order valence-electron chi connectivity index (χ2n) is 5.14. The number of piperidine rings is 1. The van der Waals surface area contributed by atoms with Gasteiger partial charge in [0.1, 0.15) is 0 Å². The molecule has 0 bridgehead atoms. The summed E-state index contributed by atoms with van der Waals surface area (Å²) < 4.78 is 38.4. The molecular formula is C15H16F3N3O2. The summed E-state index contributed by atoms with van der Waals surface area (Å²) in [4.78, 5) is 24.9. The molecule has 0 saturated carbocycles. The first-order valence-electron chi connectivity index (χ1n) is 7.18. The molecule has 1 aromatic carbocycles. The molecule has 1 aliphatic heterocycles. The van der Waals surface area contributed by atoms with Crippen LogP contribution in [0.2, 0.25) is 0 Å². The Hall–Kier alpha value is -2.38. The van der Waals surface area contributed by atoms with Crippen molar-refractivity contribution >= 4 is 18.0 Å². The van der Waals surface area contributed by atoms with Gasteiger partial charge in [-0.1, -0.05) is 18.2 Å². The fourth-order valence-electron chi connectivity index (χ4n) is 2.32. The monoisotopic (exact) mass is 327 g/mol. The van der Waals surface area contributed by atoms with Crippen LogP contribution in [0.15, 0.2) is 29.4 Å². The van der Waals surface area contributed by atoms with Crippen molar-refractivity contribution < 1.29 is 22.8 Å². The Morgan fingerprint density at radius 1 is 1.13 bits per heavy atom. The number of amides is 2. The Bertz CT molecular complexity index is 608. The number of likely N-dealkylation sites (tertiary alicyclic amines) is 1. The third-order valence-electron chi connectivity index (χ3n) is 3.47. The van der Waals surface area contributed by atoms with Crippen molar-refractivity contribution in [2.24, 2.45) is 5.10 Å². The molecule has 124 valence electrons. The Balaban J connectivity index is 1.99. The standard InChI is InChI=1S/C15H16F3N3O2/c16-15(17,18)12-7-3-2-6-11(12)10-19-20-13(22)14(23)21-8-4-1-5-9-21/h2-3,6-7,10H,1,4-5,8-9H2,(H,20,22)/b19-10-.